The van der Waals surface area contributed by atoms with Crippen LogP contribution in [0.1, 0.15) is 53.4 Å². The highest BCUT2D eigenvalue weighted by molar-refractivity contribution is 7.10. The Balaban J connectivity index is 1.41. The van der Waals surface area contributed by atoms with Crippen molar-refractivity contribution in [2.24, 2.45) is 0 Å². The Hall–Kier alpha value is -1.65. The molecule has 24 heavy (non-hydrogen) atoms. The second kappa shape index (κ2) is 6.69. The number of benzene rings is 1. The molecule has 0 bridgehead atoms. The Labute approximate surface area is 147 Å². The molecule has 4 heteroatoms. The minimum Gasteiger partial charge on any atom is -0.344 e. The van der Waals surface area contributed by atoms with E-state index in [1.54, 1.807) is 0 Å². The van der Waals surface area contributed by atoms with Crippen molar-refractivity contribution in [3.05, 3.63) is 57.3 Å². The van der Waals surface area contributed by atoms with Crippen molar-refractivity contribution < 1.29 is 9.69 Å². The number of nitrogens with one attached hydrogen (secondary N) is 2. The van der Waals surface area contributed by atoms with Gasteiger partial charge in [-0.05, 0) is 48.8 Å². The van der Waals surface area contributed by atoms with Gasteiger partial charge in [-0.3, -0.25) is 4.79 Å². The number of hydrogen-bond donors (Lipinski definition) is 2. The van der Waals surface area contributed by atoms with E-state index in [-0.39, 0.29) is 11.9 Å². The van der Waals surface area contributed by atoms with Crippen LogP contribution in [0.2, 0.25) is 0 Å². The number of aryl methyl sites for hydroxylation is 1. The minimum absolute atomic E-state index is 0.192. The largest absolute Gasteiger partial charge is 0.344 e. The van der Waals surface area contributed by atoms with Gasteiger partial charge in [0.2, 0.25) is 0 Å². The lowest BCUT2D eigenvalue weighted by Crippen LogP contribution is -3.14. The highest BCUT2D eigenvalue weighted by atomic mass is 32.1. The maximum Gasteiger partial charge on any atom is 0.275 e. The first-order valence-electron chi connectivity index (χ1n) is 9.00. The van der Waals surface area contributed by atoms with E-state index < -0.39 is 0 Å². The Kier molecular flexibility index (Phi) is 4.42. The fraction of sp³-hybridized carbons (Fsp3) is 0.450. The predicted molar refractivity (Wildman–Crippen MR) is 97.4 cm³/mol. The molecule has 1 aliphatic heterocycles. The third kappa shape index (κ3) is 3.01. The quantitative estimate of drug-likeness (QED) is 0.883. The maximum atomic E-state index is 12.7. The molecule has 1 aromatic carbocycles. The van der Waals surface area contributed by atoms with E-state index in [9.17, 15) is 4.79 Å². The molecule has 2 heterocycles. The van der Waals surface area contributed by atoms with Crippen molar-refractivity contribution in [2.75, 3.05) is 13.1 Å². The van der Waals surface area contributed by atoms with Crippen LogP contribution >= 0.6 is 11.3 Å². The summed E-state index contributed by atoms with van der Waals surface area (Å²) in [5.74, 6) is 0.192. The van der Waals surface area contributed by atoms with Crippen molar-refractivity contribution in [2.45, 2.75) is 44.7 Å². The topological polar surface area (TPSA) is 33.5 Å². The van der Waals surface area contributed by atoms with E-state index in [1.165, 1.54) is 26.5 Å². The third-order valence-corrected chi connectivity index (χ3v) is 6.62. The summed E-state index contributed by atoms with van der Waals surface area (Å²) in [6.07, 6.45) is 4.46. The van der Waals surface area contributed by atoms with Crippen LogP contribution in [0.25, 0.3) is 0 Å². The van der Waals surface area contributed by atoms with Gasteiger partial charge in [0.15, 0.2) is 6.54 Å². The molecule has 3 atom stereocenters. The Morgan fingerprint density at radius 2 is 2.12 bits per heavy atom. The molecule has 0 saturated carbocycles. The van der Waals surface area contributed by atoms with Crippen LogP contribution in [0.3, 0.4) is 0 Å². The number of quaternary nitrogens is 1. The monoisotopic (exact) mass is 341 g/mol. The number of hydrogen-bond acceptors (Lipinski definition) is 2. The smallest absolute Gasteiger partial charge is 0.275 e. The minimum atomic E-state index is 0.192. The molecule has 2 N–H and O–H groups in total. The molecule has 0 radical (unpaired) electrons. The van der Waals surface area contributed by atoms with Gasteiger partial charge in [0.25, 0.3) is 5.91 Å². The van der Waals surface area contributed by atoms with Crippen LogP contribution < -0.4 is 10.2 Å². The summed E-state index contributed by atoms with van der Waals surface area (Å²) in [6.45, 7) is 3.89. The van der Waals surface area contributed by atoms with Crippen LogP contribution in [0, 0.1) is 0 Å². The zero-order valence-electron chi connectivity index (χ0n) is 14.2. The fourth-order valence-electron chi connectivity index (χ4n) is 4.25. The predicted octanol–water partition coefficient (Wildman–Crippen LogP) is 2.44. The van der Waals surface area contributed by atoms with Gasteiger partial charge in [0.1, 0.15) is 6.04 Å². The number of amides is 1. The molecule has 1 aliphatic carbocycles. The van der Waals surface area contributed by atoms with E-state index in [0.29, 0.717) is 12.6 Å². The molecule has 0 fully saturated rings. The van der Waals surface area contributed by atoms with Gasteiger partial charge in [0, 0.05) is 16.9 Å². The average molecular weight is 342 g/mol. The van der Waals surface area contributed by atoms with Crippen molar-refractivity contribution in [1.29, 1.82) is 0 Å². The van der Waals surface area contributed by atoms with Crippen molar-refractivity contribution in [1.82, 2.24) is 5.32 Å². The number of thiophene rings is 1. The maximum absolute atomic E-state index is 12.7. The molecule has 4 rings (SSSR count). The van der Waals surface area contributed by atoms with Gasteiger partial charge in [0.05, 0.1) is 12.6 Å². The number of carbonyl (C=O) groups excluding carboxylic acids is 1. The molecule has 3 nitrogen and oxygen atoms in total. The molecular weight excluding hydrogens is 316 g/mol. The molecule has 2 aromatic rings. The summed E-state index contributed by atoms with van der Waals surface area (Å²) in [5, 5.41) is 5.49. The first kappa shape index (κ1) is 15.9. The Morgan fingerprint density at radius 1 is 1.25 bits per heavy atom. The molecule has 1 unspecified atom stereocenters. The third-order valence-electron chi connectivity index (χ3n) is 5.62. The van der Waals surface area contributed by atoms with E-state index in [4.69, 9.17) is 0 Å². The standard InChI is InChI=1S/C20H24N2OS/c1-14-16-10-12-24-19(16)9-11-22(14)13-20(23)21-18-8-4-6-15-5-2-3-7-17(15)18/h2-3,5,7,10,12,14,18H,4,6,8-9,11,13H2,1H3,(H,21,23)/p+1/t14-,18-/m1/s1. The van der Waals surface area contributed by atoms with Gasteiger partial charge < -0.3 is 10.2 Å². The SMILES string of the molecule is C[C@@H]1c2ccsc2CC[NH+]1CC(=O)N[C@@H]1CCCc2ccccc21. The van der Waals surface area contributed by atoms with E-state index in [0.717, 1.165) is 32.2 Å². The van der Waals surface area contributed by atoms with E-state index >= 15 is 0 Å². The van der Waals surface area contributed by atoms with Crippen molar-refractivity contribution in [3.8, 4) is 0 Å². The lowest BCUT2D eigenvalue weighted by molar-refractivity contribution is -0.924. The summed E-state index contributed by atoms with van der Waals surface area (Å²) in [7, 11) is 0. The molecule has 2 aliphatic rings. The highest BCUT2D eigenvalue weighted by Gasteiger charge is 2.30. The van der Waals surface area contributed by atoms with Crippen molar-refractivity contribution in [3.63, 3.8) is 0 Å². The lowest BCUT2D eigenvalue weighted by Gasteiger charge is -2.31. The Morgan fingerprint density at radius 3 is 3.04 bits per heavy atom. The van der Waals surface area contributed by atoms with Gasteiger partial charge in [-0.25, -0.2) is 0 Å². The molecule has 126 valence electrons. The second-order valence-corrected chi connectivity index (χ2v) is 8.07. The van der Waals surface area contributed by atoms with Gasteiger partial charge >= 0.3 is 0 Å². The molecule has 1 aromatic heterocycles. The Bertz CT molecular complexity index is 739. The average Bonchev–Trinajstić information content (AvgIpc) is 3.07. The van der Waals surface area contributed by atoms with Crippen LogP contribution in [0.5, 0.6) is 0 Å². The first-order chi connectivity index (χ1) is 11.7. The van der Waals surface area contributed by atoms with Crippen LogP contribution in [0.15, 0.2) is 35.7 Å². The fourth-order valence-corrected chi connectivity index (χ4v) is 5.23. The van der Waals surface area contributed by atoms with E-state index in [1.807, 2.05) is 11.3 Å². The zero-order valence-corrected chi connectivity index (χ0v) is 15.0. The molecule has 1 amide bonds. The summed E-state index contributed by atoms with van der Waals surface area (Å²) in [6, 6.07) is 11.4. The zero-order chi connectivity index (χ0) is 16.5. The van der Waals surface area contributed by atoms with Gasteiger partial charge in [-0.1, -0.05) is 24.3 Å². The van der Waals surface area contributed by atoms with Crippen molar-refractivity contribution >= 4 is 17.2 Å². The molecular formula is C20H25N2OS+. The van der Waals surface area contributed by atoms with E-state index in [2.05, 4.69) is 48.0 Å². The molecule has 0 spiro atoms. The summed E-state index contributed by atoms with van der Waals surface area (Å²) in [4.78, 5) is 15.6. The summed E-state index contributed by atoms with van der Waals surface area (Å²) >= 11 is 1.86. The lowest BCUT2D eigenvalue weighted by atomic mass is 9.88. The number of fused-ring (bicyclic) bond motifs is 2. The van der Waals surface area contributed by atoms with Crippen LogP contribution in [-0.2, 0) is 17.6 Å². The second-order valence-electron chi connectivity index (χ2n) is 7.07. The first-order valence-corrected chi connectivity index (χ1v) is 9.88. The number of rotatable bonds is 3. The van der Waals surface area contributed by atoms with Gasteiger partial charge in [-0.2, -0.15) is 0 Å². The highest BCUT2D eigenvalue weighted by Crippen LogP contribution is 2.29. The van der Waals surface area contributed by atoms with Crippen LogP contribution in [-0.4, -0.2) is 19.0 Å². The summed E-state index contributed by atoms with van der Waals surface area (Å²) in [5.41, 5.74) is 4.16. The number of carbonyl (C=O) groups is 1. The van der Waals surface area contributed by atoms with Crippen LogP contribution in [0.4, 0.5) is 0 Å². The summed E-state index contributed by atoms with van der Waals surface area (Å²) < 4.78 is 0. The normalized spacial score (nSPS) is 25.6. The van der Waals surface area contributed by atoms with Gasteiger partial charge in [-0.15, -0.1) is 11.3 Å². The molecule has 0 saturated heterocycles.